The smallest absolute Gasteiger partial charge is 0.237 e. The standard InChI is InChI=1S/C9H19N3O3S/c1-16(14,15)12-7-6-11-9(13)8-4-2-3-5-10-8/h8,10,12H,2-7H2,1H3,(H,11,13)/t8-/m1/s1. The van der Waals surface area contributed by atoms with Crippen LogP contribution >= 0.6 is 0 Å². The minimum absolute atomic E-state index is 0.0463. The number of piperidine rings is 1. The molecule has 1 fully saturated rings. The van der Waals surface area contributed by atoms with Crippen molar-refractivity contribution < 1.29 is 13.2 Å². The molecule has 3 N–H and O–H groups in total. The first kappa shape index (κ1) is 13.4. The Morgan fingerprint density at radius 3 is 2.69 bits per heavy atom. The third-order valence-corrected chi connectivity index (χ3v) is 3.14. The van der Waals surface area contributed by atoms with Gasteiger partial charge in [-0.25, -0.2) is 13.1 Å². The molecular formula is C9H19N3O3S. The van der Waals surface area contributed by atoms with Crippen molar-refractivity contribution in [2.45, 2.75) is 25.3 Å². The lowest BCUT2D eigenvalue weighted by molar-refractivity contribution is -0.123. The van der Waals surface area contributed by atoms with E-state index in [1.54, 1.807) is 0 Å². The third-order valence-electron chi connectivity index (χ3n) is 2.42. The second-order valence-corrected chi connectivity index (χ2v) is 5.79. The Balaban J connectivity index is 2.14. The topological polar surface area (TPSA) is 87.3 Å². The van der Waals surface area contributed by atoms with E-state index in [0.717, 1.165) is 32.1 Å². The van der Waals surface area contributed by atoms with Crippen LogP contribution in [0.5, 0.6) is 0 Å². The first-order valence-electron chi connectivity index (χ1n) is 5.45. The monoisotopic (exact) mass is 249 g/mol. The van der Waals surface area contributed by atoms with Gasteiger partial charge in [0.15, 0.2) is 0 Å². The Morgan fingerprint density at radius 1 is 1.38 bits per heavy atom. The summed E-state index contributed by atoms with van der Waals surface area (Å²) in [5, 5.41) is 5.82. The number of sulfonamides is 1. The summed E-state index contributed by atoms with van der Waals surface area (Å²) in [4.78, 5) is 11.6. The van der Waals surface area contributed by atoms with Gasteiger partial charge in [0.05, 0.1) is 12.3 Å². The molecule has 0 saturated carbocycles. The predicted octanol–water partition coefficient (Wildman–Crippen LogP) is -1.21. The van der Waals surface area contributed by atoms with Gasteiger partial charge in [0.1, 0.15) is 0 Å². The van der Waals surface area contributed by atoms with Gasteiger partial charge in [0.25, 0.3) is 0 Å². The molecule has 1 amide bonds. The number of amides is 1. The first-order valence-corrected chi connectivity index (χ1v) is 7.34. The molecule has 1 saturated heterocycles. The van der Waals surface area contributed by atoms with Gasteiger partial charge in [-0.05, 0) is 19.4 Å². The molecule has 6 nitrogen and oxygen atoms in total. The highest BCUT2D eigenvalue weighted by Gasteiger charge is 2.19. The van der Waals surface area contributed by atoms with Gasteiger partial charge in [0.2, 0.25) is 15.9 Å². The quantitative estimate of drug-likeness (QED) is 0.534. The van der Waals surface area contributed by atoms with E-state index in [1.807, 2.05) is 0 Å². The van der Waals surface area contributed by atoms with Crippen LogP contribution in [-0.4, -0.2) is 46.3 Å². The fourth-order valence-electron chi connectivity index (χ4n) is 1.62. The highest BCUT2D eigenvalue weighted by molar-refractivity contribution is 7.88. The normalized spacial score (nSPS) is 21.7. The second-order valence-electron chi connectivity index (χ2n) is 3.96. The Morgan fingerprint density at radius 2 is 2.12 bits per heavy atom. The van der Waals surface area contributed by atoms with E-state index in [9.17, 15) is 13.2 Å². The van der Waals surface area contributed by atoms with Crippen LogP contribution in [0.2, 0.25) is 0 Å². The van der Waals surface area contributed by atoms with Crippen LogP contribution < -0.4 is 15.4 Å². The Bertz CT molecular complexity index is 323. The van der Waals surface area contributed by atoms with Gasteiger partial charge < -0.3 is 10.6 Å². The molecule has 1 aliphatic rings. The van der Waals surface area contributed by atoms with Crippen molar-refractivity contribution in [1.82, 2.24) is 15.4 Å². The average molecular weight is 249 g/mol. The summed E-state index contributed by atoms with van der Waals surface area (Å²) in [5.74, 6) is -0.0463. The Labute approximate surface area is 96.2 Å². The number of rotatable bonds is 5. The fourth-order valence-corrected chi connectivity index (χ4v) is 2.09. The Kier molecular flexibility index (Phi) is 5.17. The highest BCUT2D eigenvalue weighted by Crippen LogP contribution is 2.06. The lowest BCUT2D eigenvalue weighted by Gasteiger charge is -2.22. The van der Waals surface area contributed by atoms with E-state index in [4.69, 9.17) is 0 Å². The molecule has 1 aliphatic heterocycles. The lowest BCUT2D eigenvalue weighted by Crippen LogP contribution is -2.48. The average Bonchev–Trinajstić information content (AvgIpc) is 2.24. The molecule has 1 atom stereocenters. The summed E-state index contributed by atoms with van der Waals surface area (Å²) in [7, 11) is -3.16. The molecular weight excluding hydrogens is 230 g/mol. The molecule has 0 bridgehead atoms. The summed E-state index contributed by atoms with van der Waals surface area (Å²) in [5.41, 5.74) is 0. The van der Waals surface area contributed by atoms with Gasteiger partial charge in [0, 0.05) is 13.1 Å². The largest absolute Gasteiger partial charge is 0.353 e. The SMILES string of the molecule is CS(=O)(=O)NCCNC(=O)[C@H]1CCCCN1. The van der Waals surface area contributed by atoms with Crippen molar-refractivity contribution >= 4 is 15.9 Å². The van der Waals surface area contributed by atoms with Crippen molar-refractivity contribution in [3.63, 3.8) is 0 Å². The minimum atomic E-state index is -3.16. The molecule has 94 valence electrons. The predicted molar refractivity (Wildman–Crippen MR) is 61.5 cm³/mol. The first-order chi connectivity index (χ1) is 7.49. The molecule has 0 aromatic heterocycles. The summed E-state index contributed by atoms with van der Waals surface area (Å²) in [6, 6.07) is -0.119. The van der Waals surface area contributed by atoms with Crippen LogP contribution in [-0.2, 0) is 14.8 Å². The van der Waals surface area contributed by atoms with Gasteiger partial charge in [-0.2, -0.15) is 0 Å². The van der Waals surface area contributed by atoms with Gasteiger partial charge in [-0.15, -0.1) is 0 Å². The summed E-state index contributed by atoms with van der Waals surface area (Å²) < 4.78 is 23.8. The molecule has 0 spiro atoms. The molecule has 0 aromatic rings. The molecule has 0 aliphatic carbocycles. The van der Waals surface area contributed by atoms with Crippen molar-refractivity contribution in [3.8, 4) is 0 Å². The molecule has 0 aromatic carbocycles. The summed E-state index contributed by atoms with van der Waals surface area (Å²) >= 11 is 0. The number of hydrogen-bond donors (Lipinski definition) is 3. The van der Waals surface area contributed by atoms with E-state index in [1.165, 1.54) is 0 Å². The van der Waals surface area contributed by atoms with Crippen LogP contribution in [0, 0.1) is 0 Å². The van der Waals surface area contributed by atoms with Crippen molar-refractivity contribution in [2.75, 3.05) is 25.9 Å². The molecule has 1 rings (SSSR count). The highest BCUT2D eigenvalue weighted by atomic mass is 32.2. The van der Waals surface area contributed by atoms with Crippen LogP contribution in [0.15, 0.2) is 0 Å². The number of nitrogens with one attached hydrogen (secondary N) is 3. The van der Waals surface area contributed by atoms with Crippen molar-refractivity contribution in [1.29, 1.82) is 0 Å². The molecule has 16 heavy (non-hydrogen) atoms. The fraction of sp³-hybridized carbons (Fsp3) is 0.889. The maximum atomic E-state index is 11.6. The molecule has 7 heteroatoms. The van der Waals surface area contributed by atoms with E-state index in [2.05, 4.69) is 15.4 Å². The van der Waals surface area contributed by atoms with Crippen LogP contribution in [0.1, 0.15) is 19.3 Å². The van der Waals surface area contributed by atoms with Gasteiger partial charge in [-0.1, -0.05) is 6.42 Å². The Hall–Kier alpha value is -0.660. The molecule has 0 unspecified atom stereocenters. The van der Waals surface area contributed by atoms with Crippen LogP contribution in [0.25, 0.3) is 0 Å². The molecule has 0 radical (unpaired) electrons. The zero-order chi connectivity index (χ0) is 12.0. The number of carbonyl (C=O) groups excluding carboxylic acids is 1. The minimum Gasteiger partial charge on any atom is -0.353 e. The third kappa shape index (κ3) is 5.43. The van der Waals surface area contributed by atoms with Gasteiger partial charge in [-0.3, -0.25) is 4.79 Å². The van der Waals surface area contributed by atoms with Gasteiger partial charge >= 0.3 is 0 Å². The van der Waals surface area contributed by atoms with E-state index in [0.29, 0.717) is 6.54 Å². The van der Waals surface area contributed by atoms with Crippen LogP contribution in [0.4, 0.5) is 0 Å². The van der Waals surface area contributed by atoms with E-state index < -0.39 is 10.0 Å². The van der Waals surface area contributed by atoms with E-state index >= 15 is 0 Å². The number of carbonyl (C=O) groups is 1. The summed E-state index contributed by atoms with van der Waals surface area (Å²) in [6.07, 6.45) is 4.12. The lowest BCUT2D eigenvalue weighted by atomic mass is 10.0. The zero-order valence-corrected chi connectivity index (χ0v) is 10.3. The van der Waals surface area contributed by atoms with Crippen LogP contribution in [0.3, 0.4) is 0 Å². The van der Waals surface area contributed by atoms with Crippen molar-refractivity contribution in [2.24, 2.45) is 0 Å². The maximum absolute atomic E-state index is 11.6. The van der Waals surface area contributed by atoms with E-state index in [-0.39, 0.29) is 18.5 Å². The number of hydrogen-bond acceptors (Lipinski definition) is 4. The zero-order valence-electron chi connectivity index (χ0n) is 9.45. The summed E-state index contributed by atoms with van der Waals surface area (Å²) in [6.45, 7) is 1.43. The maximum Gasteiger partial charge on any atom is 0.237 e. The van der Waals surface area contributed by atoms with Crippen molar-refractivity contribution in [3.05, 3.63) is 0 Å². The second kappa shape index (κ2) is 6.17. The molecule has 1 heterocycles.